The van der Waals surface area contributed by atoms with Crippen LogP contribution in [0.15, 0.2) is 48.5 Å². The number of nitrogens with one attached hydrogen (secondary N) is 1. The molecule has 0 unspecified atom stereocenters. The molecule has 0 atom stereocenters. The fourth-order valence-electron chi connectivity index (χ4n) is 2.42. The van der Waals surface area contributed by atoms with Crippen molar-refractivity contribution < 1.29 is 23.0 Å². The number of benzene rings is 2. The molecule has 1 amide bonds. The number of halogens is 2. The van der Waals surface area contributed by atoms with Crippen LogP contribution in [0.3, 0.4) is 0 Å². The van der Waals surface area contributed by atoms with Gasteiger partial charge in [-0.25, -0.2) is 4.68 Å². The third kappa shape index (κ3) is 4.20. The molecular formula is C18H16F2N4O3. The van der Waals surface area contributed by atoms with E-state index in [1.807, 2.05) is 0 Å². The van der Waals surface area contributed by atoms with E-state index >= 15 is 0 Å². The number of methoxy groups -OCH3 is 1. The van der Waals surface area contributed by atoms with E-state index in [2.05, 4.69) is 20.4 Å². The topological polar surface area (TPSA) is 78.3 Å². The number of hydrogen-bond acceptors (Lipinski definition) is 5. The lowest BCUT2D eigenvalue weighted by atomic mass is 10.2. The number of carbonyl (C=O) groups is 1. The average molecular weight is 374 g/mol. The van der Waals surface area contributed by atoms with Gasteiger partial charge in [-0.15, -0.1) is 5.10 Å². The average Bonchev–Trinajstić information content (AvgIpc) is 3.04. The predicted octanol–water partition coefficient (Wildman–Crippen LogP) is 3.44. The van der Waals surface area contributed by atoms with Gasteiger partial charge in [-0.05, 0) is 55.5 Å². The summed E-state index contributed by atoms with van der Waals surface area (Å²) in [6.45, 7) is -1.20. The highest BCUT2D eigenvalue weighted by Crippen LogP contribution is 2.20. The van der Waals surface area contributed by atoms with E-state index < -0.39 is 12.5 Å². The van der Waals surface area contributed by atoms with Crippen molar-refractivity contribution in [3.63, 3.8) is 0 Å². The molecule has 2 aromatic carbocycles. The lowest BCUT2D eigenvalue weighted by Crippen LogP contribution is -2.14. The summed E-state index contributed by atoms with van der Waals surface area (Å²) in [6.07, 6.45) is 0. The summed E-state index contributed by atoms with van der Waals surface area (Å²) in [5, 5.41) is 10.6. The van der Waals surface area contributed by atoms with Gasteiger partial charge in [0.1, 0.15) is 11.5 Å². The van der Waals surface area contributed by atoms with Crippen LogP contribution in [0.25, 0.3) is 5.69 Å². The van der Waals surface area contributed by atoms with Gasteiger partial charge in [-0.2, -0.15) is 8.78 Å². The molecule has 0 saturated carbocycles. The third-order valence-electron chi connectivity index (χ3n) is 3.76. The Morgan fingerprint density at radius 2 is 1.70 bits per heavy atom. The first-order chi connectivity index (χ1) is 13.0. The fourth-order valence-corrected chi connectivity index (χ4v) is 2.42. The Kier molecular flexibility index (Phi) is 5.30. The summed E-state index contributed by atoms with van der Waals surface area (Å²) < 4.78 is 35.3. The van der Waals surface area contributed by atoms with E-state index in [9.17, 15) is 13.6 Å². The van der Waals surface area contributed by atoms with Crippen LogP contribution in [0, 0.1) is 6.92 Å². The Bertz CT molecular complexity index is 925. The monoisotopic (exact) mass is 374 g/mol. The largest absolute Gasteiger partial charge is 0.497 e. The lowest BCUT2D eigenvalue weighted by molar-refractivity contribution is -0.0498. The van der Waals surface area contributed by atoms with Gasteiger partial charge >= 0.3 is 6.61 Å². The van der Waals surface area contributed by atoms with Gasteiger partial charge in [0.05, 0.1) is 18.5 Å². The van der Waals surface area contributed by atoms with Crippen molar-refractivity contribution >= 4 is 11.6 Å². The normalized spacial score (nSPS) is 10.7. The molecule has 0 aliphatic carbocycles. The van der Waals surface area contributed by atoms with E-state index in [0.717, 1.165) is 0 Å². The molecule has 140 valence electrons. The first-order valence-corrected chi connectivity index (χ1v) is 7.91. The second kappa shape index (κ2) is 7.81. The van der Waals surface area contributed by atoms with Crippen LogP contribution in [0.5, 0.6) is 11.5 Å². The van der Waals surface area contributed by atoms with Crippen molar-refractivity contribution in [1.29, 1.82) is 0 Å². The van der Waals surface area contributed by atoms with Crippen molar-refractivity contribution in [2.24, 2.45) is 0 Å². The van der Waals surface area contributed by atoms with Crippen molar-refractivity contribution in [2.75, 3.05) is 12.4 Å². The number of carbonyl (C=O) groups excluding carboxylic acids is 1. The van der Waals surface area contributed by atoms with Gasteiger partial charge in [-0.1, -0.05) is 5.21 Å². The van der Waals surface area contributed by atoms with E-state index in [1.54, 1.807) is 50.4 Å². The van der Waals surface area contributed by atoms with Gasteiger partial charge in [0.15, 0.2) is 5.69 Å². The fraction of sp³-hybridized carbons (Fsp3) is 0.167. The van der Waals surface area contributed by atoms with Crippen LogP contribution in [-0.2, 0) is 0 Å². The smallest absolute Gasteiger partial charge is 0.387 e. The number of anilines is 1. The molecule has 0 aliphatic rings. The summed E-state index contributed by atoms with van der Waals surface area (Å²) >= 11 is 0. The Morgan fingerprint density at radius 1 is 1.07 bits per heavy atom. The molecule has 3 rings (SSSR count). The first kappa shape index (κ1) is 18.3. The molecule has 9 heteroatoms. The van der Waals surface area contributed by atoms with Gasteiger partial charge in [-0.3, -0.25) is 4.79 Å². The molecule has 27 heavy (non-hydrogen) atoms. The van der Waals surface area contributed by atoms with Gasteiger partial charge in [0.2, 0.25) is 0 Å². The van der Waals surface area contributed by atoms with Crippen molar-refractivity contribution in [3.8, 4) is 17.2 Å². The maximum Gasteiger partial charge on any atom is 0.387 e. The van der Waals surface area contributed by atoms with Crippen LogP contribution in [0.4, 0.5) is 14.5 Å². The maximum absolute atomic E-state index is 12.4. The minimum absolute atomic E-state index is 0.0315. The molecular weight excluding hydrogens is 358 g/mol. The van der Waals surface area contributed by atoms with Gasteiger partial charge in [0.25, 0.3) is 5.91 Å². The zero-order chi connectivity index (χ0) is 19.4. The molecule has 7 nitrogen and oxygen atoms in total. The van der Waals surface area contributed by atoms with Crippen LogP contribution < -0.4 is 14.8 Å². The summed E-state index contributed by atoms with van der Waals surface area (Å²) in [5.74, 6) is 0.292. The van der Waals surface area contributed by atoms with Crippen molar-refractivity contribution in [2.45, 2.75) is 13.5 Å². The highest BCUT2D eigenvalue weighted by Gasteiger charge is 2.18. The summed E-state index contributed by atoms with van der Waals surface area (Å²) in [6, 6.07) is 12.7. The zero-order valence-corrected chi connectivity index (χ0v) is 14.5. The van der Waals surface area contributed by atoms with Crippen molar-refractivity contribution in [1.82, 2.24) is 15.0 Å². The number of rotatable bonds is 6. The van der Waals surface area contributed by atoms with Crippen LogP contribution in [0.1, 0.15) is 16.2 Å². The molecule has 0 radical (unpaired) electrons. The molecule has 0 spiro atoms. The summed E-state index contributed by atoms with van der Waals surface area (Å²) in [7, 11) is 1.56. The highest BCUT2D eigenvalue weighted by molar-refractivity contribution is 6.03. The molecule has 0 saturated heterocycles. The van der Waals surface area contributed by atoms with E-state index in [0.29, 0.717) is 22.8 Å². The molecule has 0 aliphatic heterocycles. The molecule has 3 aromatic rings. The summed E-state index contributed by atoms with van der Waals surface area (Å²) in [4.78, 5) is 12.4. The standard InChI is InChI=1S/C18H16F2N4O3/c1-11-16(17(25)21-12-3-7-14(26-2)8-4-12)22-23-24(11)13-5-9-15(10-6-13)27-18(19)20/h3-10,18H,1-2H3,(H,21,25). The second-order valence-corrected chi connectivity index (χ2v) is 5.49. The number of alkyl halides is 2. The second-order valence-electron chi connectivity index (χ2n) is 5.49. The molecule has 0 fully saturated rings. The Hall–Kier alpha value is -3.49. The maximum atomic E-state index is 12.4. The Balaban J connectivity index is 1.76. The lowest BCUT2D eigenvalue weighted by Gasteiger charge is -2.07. The Labute approximate surface area is 153 Å². The van der Waals surface area contributed by atoms with Crippen LogP contribution >= 0.6 is 0 Å². The SMILES string of the molecule is COc1ccc(NC(=O)c2nnn(-c3ccc(OC(F)F)cc3)c2C)cc1. The molecule has 1 heterocycles. The first-order valence-electron chi connectivity index (χ1n) is 7.91. The van der Waals surface area contributed by atoms with Gasteiger partial charge < -0.3 is 14.8 Å². The third-order valence-corrected chi connectivity index (χ3v) is 3.76. The Morgan fingerprint density at radius 3 is 2.30 bits per heavy atom. The molecule has 1 N–H and O–H groups in total. The van der Waals surface area contributed by atoms with E-state index in [1.165, 1.54) is 16.8 Å². The molecule has 1 aromatic heterocycles. The number of aromatic nitrogens is 3. The minimum Gasteiger partial charge on any atom is -0.497 e. The number of nitrogens with zero attached hydrogens (tertiary/aromatic N) is 3. The van der Waals surface area contributed by atoms with E-state index in [4.69, 9.17) is 4.74 Å². The number of amides is 1. The quantitative estimate of drug-likeness (QED) is 0.715. The predicted molar refractivity (Wildman–Crippen MR) is 93.7 cm³/mol. The summed E-state index contributed by atoms with van der Waals surface area (Å²) in [5.41, 5.74) is 1.80. The van der Waals surface area contributed by atoms with Crippen molar-refractivity contribution in [3.05, 3.63) is 59.9 Å². The minimum atomic E-state index is -2.89. The van der Waals surface area contributed by atoms with Crippen LogP contribution in [-0.4, -0.2) is 34.6 Å². The highest BCUT2D eigenvalue weighted by atomic mass is 19.3. The number of hydrogen-bond donors (Lipinski definition) is 1. The van der Waals surface area contributed by atoms with Crippen LogP contribution in [0.2, 0.25) is 0 Å². The van der Waals surface area contributed by atoms with E-state index in [-0.39, 0.29) is 11.4 Å². The molecule has 0 bridgehead atoms. The zero-order valence-electron chi connectivity index (χ0n) is 14.5. The number of ether oxygens (including phenoxy) is 2. The van der Waals surface area contributed by atoms with Gasteiger partial charge in [0, 0.05) is 5.69 Å².